The zero-order valence-corrected chi connectivity index (χ0v) is 8.91. The van der Waals surface area contributed by atoms with Gasteiger partial charge in [-0.3, -0.25) is 0 Å². The number of carbonyl (C=O) groups is 1. The first kappa shape index (κ1) is 11.5. The molecular formula is C11H15NO3. The predicted molar refractivity (Wildman–Crippen MR) is 57.6 cm³/mol. The van der Waals surface area contributed by atoms with E-state index >= 15 is 0 Å². The number of benzene rings is 1. The predicted octanol–water partition coefficient (Wildman–Crippen LogP) is 1.16. The summed E-state index contributed by atoms with van der Waals surface area (Å²) < 4.78 is 4.97. The van der Waals surface area contributed by atoms with Crippen LogP contribution >= 0.6 is 0 Å². The lowest BCUT2D eigenvalue weighted by molar-refractivity contribution is 0.0693. The molecule has 0 aliphatic heterocycles. The zero-order chi connectivity index (χ0) is 11.3. The van der Waals surface area contributed by atoms with Gasteiger partial charge in [-0.25, -0.2) is 4.79 Å². The summed E-state index contributed by atoms with van der Waals surface area (Å²) in [5, 5.41) is 12.0. The van der Waals surface area contributed by atoms with Crippen LogP contribution in [0.3, 0.4) is 0 Å². The van der Waals surface area contributed by atoms with Crippen molar-refractivity contribution in [3.8, 4) is 5.75 Å². The van der Waals surface area contributed by atoms with Gasteiger partial charge in [-0.15, -0.1) is 0 Å². The smallest absolute Gasteiger partial charge is 0.339 e. The second-order valence-electron chi connectivity index (χ2n) is 3.19. The van der Waals surface area contributed by atoms with E-state index < -0.39 is 5.97 Å². The lowest BCUT2D eigenvalue weighted by Crippen LogP contribution is -2.11. The zero-order valence-electron chi connectivity index (χ0n) is 8.91. The highest BCUT2D eigenvalue weighted by Crippen LogP contribution is 2.19. The van der Waals surface area contributed by atoms with E-state index in [4.69, 9.17) is 9.84 Å². The lowest BCUT2D eigenvalue weighted by Gasteiger charge is -2.07. The Morgan fingerprint density at radius 1 is 1.53 bits per heavy atom. The summed E-state index contributed by atoms with van der Waals surface area (Å²) in [5.41, 5.74) is 1.20. The molecular weight excluding hydrogens is 194 g/mol. The number of methoxy groups -OCH3 is 1. The van der Waals surface area contributed by atoms with Gasteiger partial charge < -0.3 is 15.2 Å². The van der Waals surface area contributed by atoms with Crippen molar-refractivity contribution in [3.63, 3.8) is 0 Å². The van der Waals surface area contributed by atoms with E-state index in [9.17, 15) is 4.79 Å². The highest BCUT2D eigenvalue weighted by Gasteiger charge is 2.10. The molecule has 1 aromatic rings. The summed E-state index contributed by atoms with van der Waals surface area (Å²) in [6, 6.07) is 5.22. The Labute approximate surface area is 88.9 Å². The van der Waals surface area contributed by atoms with Crippen LogP contribution in [-0.2, 0) is 6.42 Å². The van der Waals surface area contributed by atoms with E-state index in [2.05, 4.69) is 5.32 Å². The van der Waals surface area contributed by atoms with Gasteiger partial charge in [-0.05, 0) is 37.7 Å². The highest BCUT2D eigenvalue weighted by atomic mass is 16.5. The quantitative estimate of drug-likeness (QED) is 0.764. The molecule has 0 amide bonds. The number of ether oxygens (including phenoxy) is 1. The Bertz CT molecular complexity index is 350. The van der Waals surface area contributed by atoms with Crippen LogP contribution in [0.25, 0.3) is 0 Å². The summed E-state index contributed by atoms with van der Waals surface area (Å²) in [6.07, 6.45) is 0.806. The molecule has 0 heterocycles. The lowest BCUT2D eigenvalue weighted by atomic mass is 10.1. The summed E-state index contributed by atoms with van der Waals surface area (Å²) in [4.78, 5) is 10.9. The number of rotatable bonds is 5. The van der Waals surface area contributed by atoms with E-state index in [1.165, 1.54) is 7.11 Å². The third kappa shape index (κ3) is 2.95. The van der Waals surface area contributed by atoms with Crippen LogP contribution in [0.2, 0.25) is 0 Å². The topological polar surface area (TPSA) is 58.6 Å². The summed E-state index contributed by atoms with van der Waals surface area (Å²) in [6.45, 7) is 0.825. The van der Waals surface area contributed by atoms with Crippen LogP contribution in [0.1, 0.15) is 15.9 Å². The number of hydrogen-bond donors (Lipinski definition) is 2. The maximum atomic E-state index is 10.9. The van der Waals surface area contributed by atoms with Gasteiger partial charge in [0.25, 0.3) is 0 Å². The third-order valence-corrected chi connectivity index (χ3v) is 2.16. The second kappa shape index (κ2) is 5.36. The van der Waals surface area contributed by atoms with Crippen molar-refractivity contribution in [2.45, 2.75) is 6.42 Å². The van der Waals surface area contributed by atoms with Gasteiger partial charge in [0.2, 0.25) is 0 Å². The average Bonchev–Trinajstić information content (AvgIpc) is 2.25. The van der Waals surface area contributed by atoms with Gasteiger partial charge in [0.1, 0.15) is 11.3 Å². The largest absolute Gasteiger partial charge is 0.496 e. The van der Waals surface area contributed by atoms with Crippen molar-refractivity contribution in [2.24, 2.45) is 0 Å². The van der Waals surface area contributed by atoms with Crippen LogP contribution in [0.15, 0.2) is 18.2 Å². The maximum Gasteiger partial charge on any atom is 0.339 e. The van der Waals surface area contributed by atoms with Crippen LogP contribution in [0, 0.1) is 0 Å². The molecule has 0 aliphatic rings. The van der Waals surface area contributed by atoms with Crippen molar-refractivity contribution < 1.29 is 14.6 Å². The molecule has 0 spiro atoms. The molecule has 4 heteroatoms. The number of carboxylic acids is 1. The molecule has 0 radical (unpaired) electrons. The minimum atomic E-state index is -0.960. The molecule has 15 heavy (non-hydrogen) atoms. The summed E-state index contributed by atoms with van der Waals surface area (Å²) >= 11 is 0. The molecule has 2 N–H and O–H groups in total. The fourth-order valence-corrected chi connectivity index (χ4v) is 1.35. The van der Waals surface area contributed by atoms with Crippen molar-refractivity contribution in [1.82, 2.24) is 5.32 Å². The Morgan fingerprint density at radius 3 is 2.80 bits per heavy atom. The second-order valence-corrected chi connectivity index (χ2v) is 3.19. The molecule has 0 fully saturated rings. The minimum absolute atomic E-state index is 0.214. The maximum absolute atomic E-state index is 10.9. The summed E-state index contributed by atoms with van der Waals surface area (Å²) in [5.74, 6) is -0.561. The first-order valence-corrected chi connectivity index (χ1v) is 4.74. The number of nitrogens with one attached hydrogen (secondary N) is 1. The van der Waals surface area contributed by atoms with Gasteiger partial charge in [-0.2, -0.15) is 0 Å². The molecule has 0 saturated heterocycles. The molecule has 1 rings (SSSR count). The molecule has 0 aromatic heterocycles. The van der Waals surface area contributed by atoms with Gasteiger partial charge in [0.05, 0.1) is 7.11 Å². The molecule has 0 atom stereocenters. The Hall–Kier alpha value is -1.55. The number of carboxylic acid groups (broad SMARTS) is 1. The SMILES string of the molecule is CNCCc1ccc(OC)c(C(=O)O)c1. The van der Waals surface area contributed by atoms with E-state index in [1.807, 2.05) is 13.1 Å². The van der Waals surface area contributed by atoms with Gasteiger partial charge in [0, 0.05) is 0 Å². The Kier molecular flexibility index (Phi) is 4.12. The third-order valence-electron chi connectivity index (χ3n) is 2.16. The molecule has 0 unspecified atom stereocenters. The van der Waals surface area contributed by atoms with Crippen LogP contribution in [0.4, 0.5) is 0 Å². The standard InChI is InChI=1S/C11H15NO3/c1-12-6-5-8-3-4-10(15-2)9(7-8)11(13)14/h3-4,7,12H,5-6H2,1-2H3,(H,13,14). The van der Waals surface area contributed by atoms with Crippen LogP contribution in [0.5, 0.6) is 5.75 Å². The normalized spacial score (nSPS) is 10.0. The molecule has 1 aromatic carbocycles. The monoisotopic (exact) mass is 209 g/mol. The van der Waals surface area contributed by atoms with Crippen molar-refractivity contribution >= 4 is 5.97 Å². The Morgan fingerprint density at radius 2 is 2.27 bits per heavy atom. The molecule has 0 bridgehead atoms. The molecule has 4 nitrogen and oxygen atoms in total. The number of aromatic carboxylic acids is 1. The minimum Gasteiger partial charge on any atom is -0.496 e. The van der Waals surface area contributed by atoms with E-state index in [-0.39, 0.29) is 5.56 Å². The molecule has 82 valence electrons. The van der Waals surface area contributed by atoms with E-state index in [0.29, 0.717) is 5.75 Å². The van der Waals surface area contributed by atoms with E-state index in [1.54, 1.807) is 12.1 Å². The summed E-state index contributed by atoms with van der Waals surface area (Å²) in [7, 11) is 3.33. The average molecular weight is 209 g/mol. The highest BCUT2D eigenvalue weighted by molar-refractivity contribution is 5.91. The fraction of sp³-hybridized carbons (Fsp3) is 0.364. The Balaban J connectivity index is 2.94. The molecule has 0 saturated carbocycles. The van der Waals surface area contributed by atoms with E-state index in [0.717, 1.165) is 18.5 Å². The number of hydrogen-bond acceptors (Lipinski definition) is 3. The van der Waals surface area contributed by atoms with Gasteiger partial charge in [-0.1, -0.05) is 6.07 Å². The van der Waals surface area contributed by atoms with Gasteiger partial charge >= 0.3 is 5.97 Å². The van der Waals surface area contributed by atoms with Crippen molar-refractivity contribution in [2.75, 3.05) is 20.7 Å². The van der Waals surface area contributed by atoms with Crippen LogP contribution < -0.4 is 10.1 Å². The number of likely N-dealkylation sites (N-methyl/N-ethyl adjacent to an activating group) is 1. The van der Waals surface area contributed by atoms with Gasteiger partial charge in [0.15, 0.2) is 0 Å². The fourth-order valence-electron chi connectivity index (χ4n) is 1.35. The van der Waals surface area contributed by atoms with Crippen molar-refractivity contribution in [1.29, 1.82) is 0 Å². The first-order valence-electron chi connectivity index (χ1n) is 4.74. The molecule has 0 aliphatic carbocycles. The van der Waals surface area contributed by atoms with Crippen LogP contribution in [-0.4, -0.2) is 31.8 Å². The van der Waals surface area contributed by atoms with Crippen molar-refractivity contribution in [3.05, 3.63) is 29.3 Å². The first-order chi connectivity index (χ1) is 7.19.